The Balaban J connectivity index is 2.40. The van der Waals surface area contributed by atoms with Gasteiger partial charge >= 0.3 is 0 Å². The van der Waals surface area contributed by atoms with Crippen molar-refractivity contribution in [2.24, 2.45) is 0 Å². The standard InChI is InChI=1S/C14H15BrN2O3S/c1-2-20-13-6-4-3-5-12(13)17-21(18,19)14-9-10(16)7-8-11(14)15/h3-9,17H,2,16H2,1H3. The lowest BCUT2D eigenvalue weighted by molar-refractivity contribution is 0.342. The van der Waals surface area contributed by atoms with Crippen LogP contribution in [-0.2, 0) is 10.0 Å². The van der Waals surface area contributed by atoms with Crippen molar-refractivity contribution in [3.63, 3.8) is 0 Å². The number of rotatable bonds is 5. The van der Waals surface area contributed by atoms with E-state index in [1.165, 1.54) is 6.07 Å². The lowest BCUT2D eigenvalue weighted by atomic mass is 10.3. The fraction of sp³-hybridized carbons (Fsp3) is 0.143. The second-order valence-electron chi connectivity index (χ2n) is 4.22. The molecule has 0 aliphatic rings. The summed E-state index contributed by atoms with van der Waals surface area (Å²) >= 11 is 3.22. The molecule has 21 heavy (non-hydrogen) atoms. The molecule has 0 unspecified atom stereocenters. The predicted molar refractivity (Wildman–Crippen MR) is 87.0 cm³/mol. The molecule has 2 rings (SSSR count). The van der Waals surface area contributed by atoms with Gasteiger partial charge in [-0.05, 0) is 53.2 Å². The van der Waals surface area contributed by atoms with Gasteiger partial charge < -0.3 is 10.5 Å². The predicted octanol–water partition coefficient (Wildman–Crippen LogP) is 3.23. The maximum Gasteiger partial charge on any atom is 0.263 e. The van der Waals surface area contributed by atoms with Gasteiger partial charge in [0.05, 0.1) is 12.3 Å². The van der Waals surface area contributed by atoms with Gasteiger partial charge in [0.25, 0.3) is 10.0 Å². The van der Waals surface area contributed by atoms with Crippen LogP contribution >= 0.6 is 15.9 Å². The summed E-state index contributed by atoms with van der Waals surface area (Å²) in [5.41, 5.74) is 6.41. The van der Waals surface area contributed by atoms with E-state index in [1.54, 1.807) is 36.4 Å². The Bertz CT molecular complexity index is 748. The van der Waals surface area contributed by atoms with E-state index in [2.05, 4.69) is 20.7 Å². The molecule has 0 radical (unpaired) electrons. The van der Waals surface area contributed by atoms with Crippen LogP contribution in [0.15, 0.2) is 51.8 Å². The van der Waals surface area contributed by atoms with Crippen molar-refractivity contribution in [2.45, 2.75) is 11.8 Å². The minimum Gasteiger partial charge on any atom is -0.492 e. The van der Waals surface area contributed by atoms with Crippen LogP contribution in [0.4, 0.5) is 11.4 Å². The molecule has 0 spiro atoms. The Morgan fingerprint density at radius 1 is 1.24 bits per heavy atom. The lowest BCUT2D eigenvalue weighted by Gasteiger charge is -2.13. The van der Waals surface area contributed by atoms with Crippen LogP contribution in [-0.4, -0.2) is 15.0 Å². The van der Waals surface area contributed by atoms with Crippen LogP contribution in [0.5, 0.6) is 5.75 Å². The van der Waals surface area contributed by atoms with E-state index >= 15 is 0 Å². The Kier molecular flexibility index (Phi) is 4.74. The Morgan fingerprint density at radius 2 is 1.95 bits per heavy atom. The molecule has 0 heterocycles. The summed E-state index contributed by atoms with van der Waals surface area (Å²) in [4.78, 5) is 0.0776. The zero-order chi connectivity index (χ0) is 15.5. The van der Waals surface area contributed by atoms with Gasteiger partial charge in [0.15, 0.2) is 0 Å². The van der Waals surface area contributed by atoms with Gasteiger partial charge in [0.2, 0.25) is 0 Å². The largest absolute Gasteiger partial charge is 0.492 e. The van der Waals surface area contributed by atoms with Gasteiger partial charge in [-0.3, -0.25) is 4.72 Å². The monoisotopic (exact) mass is 370 g/mol. The highest BCUT2D eigenvalue weighted by Crippen LogP contribution is 2.30. The highest BCUT2D eigenvalue weighted by Gasteiger charge is 2.19. The van der Waals surface area contributed by atoms with Crippen LogP contribution in [0, 0.1) is 0 Å². The molecule has 7 heteroatoms. The van der Waals surface area contributed by atoms with E-state index in [4.69, 9.17) is 10.5 Å². The van der Waals surface area contributed by atoms with E-state index in [0.29, 0.717) is 28.2 Å². The van der Waals surface area contributed by atoms with Crippen molar-refractivity contribution < 1.29 is 13.2 Å². The Hall–Kier alpha value is -1.73. The summed E-state index contributed by atoms with van der Waals surface area (Å²) < 4.78 is 33.3. The molecule has 0 aromatic heterocycles. The van der Waals surface area contributed by atoms with Crippen molar-refractivity contribution in [1.82, 2.24) is 0 Å². The quantitative estimate of drug-likeness (QED) is 0.791. The number of hydrogen-bond acceptors (Lipinski definition) is 4. The van der Waals surface area contributed by atoms with Crippen molar-refractivity contribution in [1.29, 1.82) is 0 Å². The number of nitrogens with two attached hydrogens (primary N) is 1. The van der Waals surface area contributed by atoms with Crippen molar-refractivity contribution in [3.05, 3.63) is 46.9 Å². The number of sulfonamides is 1. The van der Waals surface area contributed by atoms with Crippen LogP contribution in [0.2, 0.25) is 0 Å². The first-order valence-corrected chi connectivity index (χ1v) is 8.51. The molecule has 2 aromatic carbocycles. The fourth-order valence-corrected chi connectivity index (χ4v) is 3.83. The van der Waals surface area contributed by atoms with E-state index in [0.717, 1.165) is 0 Å². The third kappa shape index (κ3) is 3.68. The van der Waals surface area contributed by atoms with E-state index < -0.39 is 10.0 Å². The first kappa shape index (κ1) is 15.7. The average molecular weight is 371 g/mol. The molecule has 2 aromatic rings. The molecule has 0 saturated heterocycles. The second-order valence-corrected chi connectivity index (χ2v) is 6.73. The smallest absolute Gasteiger partial charge is 0.263 e. The average Bonchev–Trinajstić information content (AvgIpc) is 2.43. The zero-order valence-electron chi connectivity index (χ0n) is 11.3. The molecule has 5 nitrogen and oxygen atoms in total. The molecule has 0 fully saturated rings. The van der Waals surface area contributed by atoms with Crippen LogP contribution in [0.1, 0.15) is 6.92 Å². The molecule has 0 bridgehead atoms. The Labute approximate surface area is 132 Å². The van der Waals surface area contributed by atoms with Crippen LogP contribution in [0.3, 0.4) is 0 Å². The first-order chi connectivity index (χ1) is 9.94. The summed E-state index contributed by atoms with van der Waals surface area (Å²) in [5, 5.41) is 0. The van der Waals surface area contributed by atoms with Gasteiger partial charge in [-0.2, -0.15) is 0 Å². The number of halogens is 1. The van der Waals surface area contributed by atoms with E-state index in [-0.39, 0.29) is 4.90 Å². The second kappa shape index (κ2) is 6.36. The molecule has 0 aliphatic carbocycles. The maximum atomic E-state index is 12.5. The van der Waals surface area contributed by atoms with Crippen LogP contribution in [0.25, 0.3) is 0 Å². The minimum atomic E-state index is -3.76. The third-order valence-corrected chi connectivity index (χ3v) is 5.04. The summed E-state index contributed by atoms with van der Waals surface area (Å²) in [6, 6.07) is 11.5. The number of benzene rings is 2. The van der Waals surface area contributed by atoms with Gasteiger partial charge in [-0.25, -0.2) is 8.42 Å². The van der Waals surface area contributed by atoms with Crippen molar-refractivity contribution in [3.8, 4) is 5.75 Å². The highest BCUT2D eigenvalue weighted by atomic mass is 79.9. The molecular weight excluding hydrogens is 356 g/mol. The van der Waals surface area contributed by atoms with Crippen molar-refractivity contribution in [2.75, 3.05) is 17.1 Å². The van der Waals surface area contributed by atoms with Gasteiger partial charge in [0.1, 0.15) is 10.6 Å². The summed E-state index contributed by atoms with van der Waals surface area (Å²) in [7, 11) is -3.76. The minimum absolute atomic E-state index is 0.0776. The fourth-order valence-electron chi connectivity index (χ4n) is 1.76. The summed E-state index contributed by atoms with van der Waals surface area (Å²) in [5.74, 6) is 0.476. The Morgan fingerprint density at radius 3 is 2.67 bits per heavy atom. The lowest BCUT2D eigenvalue weighted by Crippen LogP contribution is -2.14. The highest BCUT2D eigenvalue weighted by molar-refractivity contribution is 9.10. The van der Waals surface area contributed by atoms with Gasteiger partial charge in [0, 0.05) is 10.2 Å². The third-order valence-electron chi connectivity index (χ3n) is 2.68. The number of para-hydroxylation sites is 2. The zero-order valence-corrected chi connectivity index (χ0v) is 13.7. The van der Waals surface area contributed by atoms with Gasteiger partial charge in [-0.15, -0.1) is 0 Å². The number of ether oxygens (including phenoxy) is 1. The normalized spacial score (nSPS) is 11.1. The van der Waals surface area contributed by atoms with Gasteiger partial charge in [-0.1, -0.05) is 12.1 Å². The molecule has 0 atom stereocenters. The number of nitrogens with one attached hydrogen (secondary N) is 1. The topological polar surface area (TPSA) is 81.4 Å². The SMILES string of the molecule is CCOc1ccccc1NS(=O)(=O)c1cc(N)ccc1Br. The molecule has 3 N–H and O–H groups in total. The molecule has 0 saturated carbocycles. The first-order valence-electron chi connectivity index (χ1n) is 6.23. The summed E-state index contributed by atoms with van der Waals surface area (Å²) in [6.07, 6.45) is 0. The number of nitrogen functional groups attached to an aromatic ring is 1. The molecule has 0 amide bonds. The number of hydrogen-bond donors (Lipinski definition) is 2. The molecule has 0 aliphatic heterocycles. The molecule has 112 valence electrons. The summed E-state index contributed by atoms with van der Waals surface area (Å²) in [6.45, 7) is 2.28. The molecular formula is C14H15BrN2O3S. The van der Waals surface area contributed by atoms with E-state index in [1.807, 2.05) is 6.92 Å². The maximum absolute atomic E-state index is 12.5. The van der Waals surface area contributed by atoms with E-state index in [9.17, 15) is 8.42 Å². The van der Waals surface area contributed by atoms with Crippen molar-refractivity contribution >= 4 is 37.3 Å². The van der Waals surface area contributed by atoms with Crippen LogP contribution < -0.4 is 15.2 Å². The number of anilines is 2.